The molecule has 0 saturated heterocycles. The molecule has 0 aliphatic rings. The van der Waals surface area contributed by atoms with Crippen LogP contribution in [-0.2, 0) is 20.1 Å². The SMILES string of the molecule is Cc1nnc(CN=C(NCc2cccs2)NCC(C)c2ccsc2)n1C. The molecule has 0 aliphatic carbocycles. The fourth-order valence-electron chi connectivity index (χ4n) is 2.42. The van der Waals surface area contributed by atoms with E-state index in [2.05, 4.69) is 62.1 Å². The Morgan fingerprint density at radius 1 is 1.27 bits per heavy atom. The maximum atomic E-state index is 4.70. The summed E-state index contributed by atoms with van der Waals surface area (Å²) in [6, 6.07) is 6.36. The van der Waals surface area contributed by atoms with Gasteiger partial charge >= 0.3 is 0 Å². The van der Waals surface area contributed by atoms with E-state index in [1.165, 1.54) is 10.4 Å². The fraction of sp³-hybridized carbons (Fsp3) is 0.389. The van der Waals surface area contributed by atoms with Gasteiger partial charge in [0.2, 0.25) is 0 Å². The van der Waals surface area contributed by atoms with Crippen LogP contribution >= 0.6 is 22.7 Å². The summed E-state index contributed by atoms with van der Waals surface area (Å²) in [5.41, 5.74) is 1.35. The Balaban J connectivity index is 1.64. The molecular formula is C18H24N6S2. The lowest BCUT2D eigenvalue weighted by molar-refractivity contribution is 0.693. The van der Waals surface area contributed by atoms with Crippen molar-refractivity contribution in [1.29, 1.82) is 0 Å². The number of nitrogens with one attached hydrogen (secondary N) is 2. The minimum absolute atomic E-state index is 0.423. The van der Waals surface area contributed by atoms with E-state index >= 15 is 0 Å². The normalized spacial score (nSPS) is 13.0. The summed E-state index contributed by atoms with van der Waals surface area (Å²) >= 11 is 3.47. The Morgan fingerprint density at radius 2 is 2.15 bits per heavy atom. The van der Waals surface area contributed by atoms with Gasteiger partial charge in [-0.25, -0.2) is 4.99 Å². The molecule has 0 fully saturated rings. The van der Waals surface area contributed by atoms with Crippen molar-refractivity contribution in [3.05, 3.63) is 56.4 Å². The summed E-state index contributed by atoms with van der Waals surface area (Å²) in [5, 5.41) is 21.6. The van der Waals surface area contributed by atoms with Crippen LogP contribution in [-0.4, -0.2) is 27.3 Å². The highest BCUT2D eigenvalue weighted by Gasteiger charge is 2.09. The second kappa shape index (κ2) is 8.95. The first-order chi connectivity index (χ1) is 12.6. The van der Waals surface area contributed by atoms with Crippen LogP contribution in [0.15, 0.2) is 39.3 Å². The molecule has 0 aliphatic heterocycles. The first kappa shape index (κ1) is 18.6. The van der Waals surface area contributed by atoms with Gasteiger partial charge in [0, 0.05) is 18.5 Å². The van der Waals surface area contributed by atoms with Gasteiger partial charge in [0.25, 0.3) is 0 Å². The van der Waals surface area contributed by atoms with Gasteiger partial charge in [0.05, 0.1) is 6.54 Å². The second-order valence-electron chi connectivity index (χ2n) is 6.16. The highest BCUT2D eigenvalue weighted by Crippen LogP contribution is 2.17. The summed E-state index contributed by atoms with van der Waals surface area (Å²) in [6.07, 6.45) is 0. The van der Waals surface area contributed by atoms with Crippen LogP contribution < -0.4 is 10.6 Å². The zero-order chi connectivity index (χ0) is 18.4. The quantitative estimate of drug-likeness (QED) is 0.481. The number of rotatable bonds is 7. The van der Waals surface area contributed by atoms with Crippen LogP contribution in [0.25, 0.3) is 0 Å². The van der Waals surface area contributed by atoms with Crippen LogP contribution in [0.3, 0.4) is 0 Å². The largest absolute Gasteiger partial charge is 0.356 e. The maximum absolute atomic E-state index is 4.70. The third-order valence-corrected chi connectivity index (χ3v) is 5.84. The molecule has 1 atom stereocenters. The lowest BCUT2D eigenvalue weighted by Gasteiger charge is -2.15. The summed E-state index contributed by atoms with van der Waals surface area (Å²) in [7, 11) is 1.96. The average molecular weight is 389 g/mol. The number of hydrogen-bond acceptors (Lipinski definition) is 5. The Labute approximate surface area is 162 Å². The van der Waals surface area contributed by atoms with Gasteiger partial charge in [-0.3, -0.25) is 0 Å². The van der Waals surface area contributed by atoms with Crippen molar-refractivity contribution in [3.8, 4) is 0 Å². The molecule has 138 valence electrons. The van der Waals surface area contributed by atoms with Gasteiger partial charge in [-0.15, -0.1) is 21.5 Å². The first-order valence-corrected chi connectivity index (χ1v) is 10.4. The number of thiophene rings is 2. The fourth-order valence-corrected chi connectivity index (χ4v) is 3.85. The molecule has 3 aromatic heterocycles. The molecule has 0 bridgehead atoms. The minimum atomic E-state index is 0.423. The van der Waals surface area contributed by atoms with Gasteiger partial charge in [-0.05, 0) is 46.7 Å². The van der Waals surface area contributed by atoms with Crippen molar-refractivity contribution < 1.29 is 0 Å². The van der Waals surface area contributed by atoms with Gasteiger partial charge < -0.3 is 15.2 Å². The molecule has 1 unspecified atom stereocenters. The predicted molar refractivity (Wildman–Crippen MR) is 109 cm³/mol. The Morgan fingerprint density at radius 3 is 2.81 bits per heavy atom. The molecule has 0 aromatic carbocycles. The van der Waals surface area contributed by atoms with Crippen LogP contribution in [0.5, 0.6) is 0 Å². The van der Waals surface area contributed by atoms with E-state index in [1.807, 2.05) is 18.5 Å². The summed E-state index contributed by atoms with van der Waals surface area (Å²) in [4.78, 5) is 5.98. The van der Waals surface area contributed by atoms with Crippen LogP contribution in [0.1, 0.15) is 34.9 Å². The highest BCUT2D eigenvalue weighted by atomic mass is 32.1. The summed E-state index contributed by atoms with van der Waals surface area (Å²) in [5.74, 6) is 2.96. The number of aliphatic imine (C=N–C) groups is 1. The third-order valence-electron chi connectivity index (χ3n) is 4.26. The number of guanidine groups is 1. The zero-order valence-electron chi connectivity index (χ0n) is 15.3. The van der Waals surface area contributed by atoms with E-state index in [4.69, 9.17) is 4.99 Å². The van der Waals surface area contributed by atoms with E-state index in [0.717, 1.165) is 30.7 Å². The van der Waals surface area contributed by atoms with Crippen LogP contribution in [0.2, 0.25) is 0 Å². The van der Waals surface area contributed by atoms with Crippen LogP contribution in [0, 0.1) is 6.92 Å². The van der Waals surface area contributed by atoms with Crippen molar-refractivity contribution in [2.75, 3.05) is 6.54 Å². The summed E-state index contributed by atoms with van der Waals surface area (Å²) in [6.45, 7) is 6.23. The standard InChI is InChI=1S/C18H24N6S2/c1-13(15-6-8-25-12-15)9-19-18(20-10-16-5-4-7-26-16)21-11-17-23-22-14(2)24(17)3/h4-8,12-13H,9-11H2,1-3H3,(H2,19,20,21). The maximum Gasteiger partial charge on any atom is 0.192 e. The number of nitrogens with zero attached hydrogens (tertiary/aromatic N) is 4. The number of hydrogen-bond donors (Lipinski definition) is 2. The topological polar surface area (TPSA) is 67.1 Å². The van der Waals surface area contributed by atoms with Gasteiger partial charge in [-0.1, -0.05) is 13.0 Å². The van der Waals surface area contributed by atoms with Crippen molar-refractivity contribution in [2.24, 2.45) is 12.0 Å². The first-order valence-electron chi connectivity index (χ1n) is 8.55. The van der Waals surface area contributed by atoms with Gasteiger partial charge in [0.1, 0.15) is 12.4 Å². The zero-order valence-corrected chi connectivity index (χ0v) is 16.9. The second-order valence-corrected chi connectivity index (χ2v) is 7.97. The number of aromatic nitrogens is 3. The van der Waals surface area contributed by atoms with Crippen molar-refractivity contribution in [1.82, 2.24) is 25.4 Å². The Bertz CT molecular complexity index is 820. The van der Waals surface area contributed by atoms with E-state index in [1.54, 1.807) is 22.7 Å². The van der Waals surface area contributed by atoms with E-state index < -0.39 is 0 Å². The van der Waals surface area contributed by atoms with Crippen molar-refractivity contribution in [2.45, 2.75) is 32.9 Å². The molecule has 2 N–H and O–H groups in total. The van der Waals surface area contributed by atoms with E-state index in [0.29, 0.717) is 12.5 Å². The third kappa shape index (κ3) is 4.92. The summed E-state index contributed by atoms with van der Waals surface area (Å²) < 4.78 is 1.97. The highest BCUT2D eigenvalue weighted by molar-refractivity contribution is 7.09. The molecule has 26 heavy (non-hydrogen) atoms. The number of aryl methyl sites for hydroxylation is 1. The lowest BCUT2D eigenvalue weighted by Crippen LogP contribution is -2.38. The van der Waals surface area contributed by atoms with Crippen LogP contribution in [0.4, 0.5) is 0 Å². The Kier molecular flexibility index (Phi) is 6.40. The molecule has 6 nitrogen and oxygen atoms in total. The molecule has 3 heterocycles. The Hall–Kier alpha value is -2.19. The molecule has 0 amide bonds. The molecule has 0 saturated carbocycles. The molecule has 3 rings (SSSR count). The molecular weight excluding hydrogens is 364 g/mol. The van der Waals surface area contributed by atoms with E-state index in [-0.39, 0.29) is 0 Å². The molecule has 3 aromatic rings. The van der Waals surface area contributed by atoms with Crippen molar-refractivity contribution >= 4 is 28.6 Å². The van der Waals surface area contributed by atoms with E-state index in [9.17, 15) is 0 Å². The molecule has 0 spiro atoms. The van der Waals surface area contributed by atoms with Gasteiger partial charge in [0.15, 0.2) is 11.8 Å². The monoisotopic (exact) mass is 388 g/mol. The van der Waals surface area contributed by atoms with Crippen molar-refractivity contribution in [3.63, 3.8) is 0 Å². The molecule has 8 heteroatoms. The minimum Gasteiger partial charge on any atom is -0.356 e. The lowest BCUT2D eigenvalue weighted by atomic mass is 10.1. The molecule has 0 radical (unpaired) electrons. The predicted octanol–water partition coefficient (Wildman–Crippen LogP) is 3.29. The van der Waals surface area contributed by atoms with Gasteiger partial charge in [-0.2, -0.15) is 11.3 Å². The smallest absolute Gasteiger partial charge is 0.192 e. The average Bonchev–Trinajstić information content (AvgIpc) is 3.39.